The first-order chi connectivity index (χ1) is 17.2. The molecule has 4 aromatic carbocycles. The second kappa shape index (κ2) is 8.09. The summed E-state index contributed by atoms with van der Waals surface area (Å²) in [6.45, 7) is 0. The normalized spacial score (nSPS) is 11.7. The van der Waals surface area contributed by atoms with Crippen molar-refractivity contribution in [3.8, 4) is 33.8 Å². The quantitative estimate of drug-likeness (QED) is 0.235. The number of benzene rings is 4. The molecule has 7 aromatic rings. The minimum absolute atomic E-state index is 0.876. The molecule has 0 unspecified atom stereocenters. The maximum Gasteiger partial charge on any atom is 0.118 e. The summed E-state index contributed by atoms with van der Waals surface area (Å²) < 4.78 is 16.3. The number of fused-ring (bicyclic) bond motifs is 7. The van der Waals surface area contributed by atoms with Crippen LogP contribution in [0.4, 0.5) is 0 Å². The van der Waals surface area contributed by atoms with Gasteiger partial charge in [0.05, 0.1) is 33.0 Å². The van der Waals surface area contributed by atoms with Gasteiger partial charge in [-0.05, 0) is 81.5 Å². The number of ether oxygens (including phenoxy) is 2. The van der Waals surface area contributed by atoms with Crippen LogP contribution in [0.15, 0.2) is 83.6 Å². The Labute approximate surface area is 214 Å². The van der Waals surface area contributed by atoms with Gasteiger partial charge in [-0.25, -0.2) is 0 Å². The maximum absolute atomic E-state index is 5.39. The molecule has 0 spiro atoms. The molecule has 3 aromatic heterocycles. The standard InChI is InChI=1S/C30H20O2S3/c1-31-19-7-3-17(4-8-19)23-15-25-26-16-24(18-5-9-20(32-2)10-6-18)22-12-14-34-28(22)30(26)35-29(25)27-21(23)11-13-33-27/h3-16H,1-2H3. The van der Waals surface area contributed by atoms with E-state index in [-0.39, 0.29) is 0 Å². The summed E-state index contributed by atoms with van der Waals surface area (Å²) in [6.07, 6.45) is 0. The predicted octanol–water partition coefficient (Wildman–Crippen LogP) is 9.84. The van der Waals surface area contributed by atoms with Crippen molar-refractivity contribution >= 4 is 74.4 Å². The number of methoxy groups -OCH3 is 2. The van der Waals surface area contributed by atoms with E-state index in [0.717, 1.165) is 11.5 Å². The van der Waals surface area contributed by atoms with Crippen molar-refractivity contribution in [2.24, 2.45) is 0 Å². The molecule has 0 aliphatic carbocycles. The highest BCUT2D eigenvalue weighted by atomic mass is 32.1. The Morgan fingerprint density at radius 1 is 0.486 bits per heavy atom. The monoisotopic (exact) mass is 508 g/mol. The summed E-state index contributed by atoms with van der Waals surface area (Å²) in [4.78, 5) is 0. The molecular formula is C30H20O2S3. The molecule has 170 valence electrons. The zero-order valence-electron chi connectivity index (χ0n) is 19.1. The molecule has 0 amide bonds. The molecule has 7 rings (SSSR count). The number of rotatable bonds is 4. The van der Waals surface area contributed by atoms with E-state index in [1.165, 1.54) is 62.6 Å². The van der Waals surface area contributed by atoms with Gasteiger partial charge in [0.1, 0.15) is 11.5 Å². The topological polar surface area (TPSA) is 18.5 Å². The van der Waals surface area contributed by atoms with Gasteiger partial charge in [-0.1, -0.05) is 24.3 Å². The van der Waals surface area contributed by atoms with Crippen LogP contribution in [-0.2, 0) is 0 Å². The van der Waals surface area contributed by atoms with Crippen LogP contribution in [-0.4, -0.2) is 14.2 Å². The van der Waals surface area contributed by atoms with Crippen LogP contribution in [0.2, 0.25) is 0 Å². The minimum Gasteiger partial charge on any atom is -0.497 e. The molecule has 0 fully saturated rings. The lowest BCUT2D eigenvalue weighted by Gasteiger charge is -2.08. The van der Waals surface area contributed by atoms with Crippen molar-refractivity contribution in [1.82, 2.24) is 0 Å². The van der Waals surface area contributed by atoms with Crippen molar-refractivity contribution in [3.63, 3.8) is 0 Å². The van der Waals surface area contributed by atoms with E-state index >= 15 is 0 Å². The Hall–Kier alpha value is -3.38. The fourth-order valence-corrected chi connectivity index (χ4v) is 8.37. The number of thiophene rings is 3. The van der Waals surface area contributed by atoms with Gasteiger partial charge in [0, 0.05) is 21.5 Å². The molecule has 0 aliphatic rings. The molecule has 0 aliphatic heterocycles. The minimum atomic E-state index is 0.876. The summed E-state index contributed by atoms with van der Waals surface area (Å²) in [5.41, 5.74) is 4.97. The average Bonchev–Trinajstić information content (AvgIpc) is 3.66. The predicted molar refractivity (Wildman–Crippen MR) is 154 cm³/mol. The summed E-state index contributed by atoms with van der Waals surface area (Å²) in [5.74, 6) is 1.75. The van der Waals surface area contributed by atoms with Gasteiger partial charge in [0.15, 0.2) is 0 Å². The van der Waals surface area contributed by atoms with E-state index in [0.29, 0.717) is 0 Å². The van der Waals surface area contributed by atoms with Crippen LogP contribution in [0, 0.1) is 0 Å². The van der Waals surface area contributed by atoms with Crippen molar-refractivity contribution in [3.05, 3.63) is 83.6 Å². The van der Waals surface area contributed by atoms with E-state index in [1.807, 2.05) is 58.3 Å². The molecule has 35 heavy (non-hydrogen) atoms. The van der Waals surface area contributed by atoms with E-state index < -0.39 is 0 Å². The first-order valence-corrected chi connectivity index (χ1v) is 13.9. The zero-order chi connectivity index (χ0) is 23.5. The maximum atomic E-state index is 5.39. The third-order valence-corrected chi connectivity index (χ3v) is 10.1. The van der Waals surface area contributed by atoms with Crippen molar-refractivity contribution in [1.29, 1.82) is 0 Å². The first kappa shape index (κ1) is 20.9. The van der Waals surface area contributed by atoms with Gasteiger partial charge in [-0.15, -0.1) is 34.0 Å². The highest BCUT2D eigenvalue weighted by molar-refractivity contribution is 7.33. The molecular weight excluding hydrogens is 489 g/mol. The Morgan fingerprint density at radius 2 is 0.914 bits per heavy atom. The molecule has 0 radical (unpaired) electrons. The second-order valence-electron chi connectivity index (χ2n) is 8.49. The Kier molecular flexibility index (Phi) is 4.84. The molecule has 0 bridgehead atoms. The zero-order valence-corrected chi connectivity index (χ0v) is 21.6. The molecule has 2 nitrogen and oxygen atoms in total. The largest absolute Gasteiger partial charge is 0.497 e. The summed E-state index contributed by atoms with van der Waals surface area (Å²) in [6, 6.07) is 26.1. The lowest BCUT2D eigenvalue weighted by atomic mass is 9.96. The summed E-state index contributed by atoms with van der Waals surface area (Å²) >= 11 is 5.60. The van der Waals surface area contributed by atoms with Crippen molar-refractivity contribution < 1.29 is 9.47 Å². The molecule has 0 saturated carbocycles. The van der Waals surface area contributed by atoms with Gasteiger partial charge < -0.3 is 9.47 Å². The van der Waals surface area contributed by atoms with E-state index in [9.17, 15) is 0 Å². The lowest BCUT2D eigenvalue weighted by Crippen LogP contribution is -1.84. The number of hydrogen-bond acceptors (Lipinski definition) is 5. The fraction of sp³-hybridized carbons (Fsp3) is 0.0667. The third-order valence-electron chi connectivity index (χ3n) is 6.69. The molecule has 5 heteroatoms. The van der Waals surface area contributed by atoms with Gasteiger partial charge in [-0.2, -0.15) is 0 Å². The lowest BCUT2D eigenvalue weighted by molar-refractivity contribution is 0.415. The second-order valence-corrected chi connectivity index (χ2v) is 11.3. The average molecular weight is 509 g/mol. The first-order valence-electron chi connectivity index (χ1n) is 11.3. The fourth-order valence-electron chi connectivity index (χ4n) is 4.94. The number of hydrogen-bond donors (Lipinski definition) is 0. The van der Waals surface area contributed by atoms with E-state index in [2.05, 4.69) is 59.3 Å². The summed E-state index contributed by atoms with van der Waals surface area (Å²) in [7, 11) is 3.42. The molecule has 0 atom stereocenters. The van der Waals surface area contributed by atoms with Crippen LogP contribution in [0.1, 0.15) is 0 Å². The Bertz CT molecular complexity index is 1720. The van der Waals surface area contributed by atoms with E-state index in [1.54, 1.807) is 14.2 Å². The molecule has 3 heterocycles. The van der Waals surface area contributed by atoms with Gasteiger partial charge in [-0.3, -0.25) is 0 Å². The molecule has 0 saturated heterocycles. The van der Waals surface area contributed by atoms with Crippen LogP contribution in [0.25, 0.3) is 62.6 Å². The van der Waals surface area contributed by atoms with Crippen LogP contribution < -0.4 is 9.47 Å². The highest BCUT2D eigenvalue weighted by Gasteiger charge is 2.18. The van der Waals surface area contributed by atoms with Crippen LogP contribution in [0.3, 0.4) is 0 Å². The van der Waals surface area contributed by atoms with Gasteiger partial charge in [0.25, 0.3) is 0 Å². The van der Waals surface area contributed by atoms with Crippen LogP contribution in [0.5, 0.6) is 11.5 Å². The Balaban J connectivity index is 1.55. The Morgan fingerprint density at radius 3 is 1.31 bits per heavy atom. The van der Waals surface area contributed by atoms with Gasteiger partial charge >= 0.3 is 0 Å². The summed E-state index contributed by atoms with van der Waals surface area (Å²) in [5, 5.41) is 9.72. The van der Waals surface area contributed by atoms with Crippen molar-refractivity contribution in [2.75, 3.05) is 14.2 Å². The van der Waals surface area contributed by atoms with E-state index in [4.69, 9.17) is 9.47 Å². The smallest absolute Gasteiger partial charge is 0.118 e. The molecule has 0 N–H and O–H groups in total. The van der Waals surface area contributed by atoms with Gasteiger partial charge in [0.2, 0.25) is 0 Å². The highest BCUT2D eigenvalue weighted by Crippen LogP contribution is 2.49. The van der Waals surface area contributed by atoms with Crippen molar-refractivity contribution in [2.45, 2.75) is 0 Å². The van der Waals surface area contributed by atoms with Crippen LogP contribution >= 0.6 is 34.0 Å². The third kappa shape index (κ3) is 3.19. The SMILES string of the molecule is COc1ccc(-c2cc3c4cc(-c5ccc(OC)cc5)c5ccsc5c4sc3c3sccc23)cc1.